The standard InChI is InChI=1S/C50H40BrN7O/c1-34(37-26-29-43(51)30-27-37)52-49(59)39-28-31-47-46(32-39)35(2)54-57(47)33-36-22-24-38(25-23-36)44-20-12-13-21-45(44)48-53-55-56-58(48)50(40-14-6-3-7-15-40,41-16-8-4-9-17-41)42-18-10-5-11-19-42/h3-32,34H,33H2,1-2H3,(H,52,59)/t34-/m0/s1. The first-order chi connectivity index (χ1) is 28.9. The van der Waals surface area contributed by atoms with Crippen molar-refractivity contribution >= 4 is 32.7 Å². The molecule has 2 aromatic heterocycles. The quantitative estimate of drug-likeness (QED) is 0.131. The molecular formula is C50H40BrN7O. The van der Waals surface area contributed by atoms with Crippen molar-refractivity contribution in [2.24, 2.45) is 0 Å². The van der Waals surface area contributed by atoms with E-state index >= 15 is 0 Å². The number of carbonyl (C=O) groups is 1. The van der Waals surface area contributed by atoms with Crippen molar-refractivity contribution in [3.8, 4) is 22.5 Å². The lowest BCUT2D eigenvalue weighted by Gasteiger charge is -2.36. The van der Waals surface area contributed by atoms with Gasteiger partial charge in [-0.2, -0.15) is 5.10 Å². The molecule has 9 heteroatoms. The predicted octanol–water partition coefficient (Wildman–Crippen LogP) is 10.8. The molecule has 1 amide bonds. The van der Waals surface area contributed by atoms with Gasteiger partial charge in [0.15, 0.2) is 5.82 Å². The Kier molecular flexibility index (Phi) is 10.3. The van der Waals surface area contributed by atoms with Gasteiger partial charge < -0.3 is 5.32 Å². The highest BCUT2D eigenvalue weighted by Crippen LogP contribution is 2.43. The van der Waals surface area contributed by atoms with Crippen molar-refractivity contribution in [3.63, 3.8) is 0 Å². The van der Waals surface area contributed by atoms with Crippen LogP contribution < -0.4 is 5.32 Å². The number of aryl methyl sites for hydroxylation is 1. The van der Waals surface area contributed by atoms with Crippen LogP contribution in [0.4, 0.5) is 0 Å². The summed E-state index contributed by atoms with van der Waals surface area (Å²) in [6.45, 7) is 4.55. The monoisotopic (exact) mass is 833 g/mol. The van der Waals surface area contributed by atoms with E-state index < -0.39 is 5.54 Å². The molecule has 1 atom stereocenters. The molecular weight excluding hydrogens is 795 g/mol. The van der Waals surface area contributed by atoms with Crippen LogP contribution in [-0.4, -0.2) is 35.9 Å². The number of carbonyl (C=O) groups excluding carboxylic acids is 1. The molecule has 0 aliphatic rings. The van der Waals surface area contributed by atoms with E-state index in [2.05, 4.69) is 136 Å². The molecule has 7 aromatic carbocycles. The van der Waals surface area contributed by atoms with Crippen molar-refractivity contribution in [1.82, 2.24) is 35.3 Å². The number of nitrogens with one attached hydrogen (secondary N) is 1. The molecule has 0 radical (unpaired) electrons. The molecule has 0 aliphatic heterocycles. The number of hydrogen-bond donors (Lipinski definition) is 1. The number of fused-ring (bicyclic) bond motifs is 1. The van der Waals surface area contributed by atoms with Gasteiger partial charge in [0, 0.05) is 21.0 Å². The summed E-state index contributed by atoms with van der Waals surface area (Å²) in [6.07, 6.45) is 0. The Labute approximate surface area is 351 Å². The molecule has 2 heterocycles. The van der Waals surface area contributed by atoms with Gasteiger partial charge in [0.05, 0.1) is 23.8 Å². The van der Waals surface area contributed by atoms with E-state index in [-0.39, 0.29) is 11.9 Å². The van der Waals surface area contributed by atoms with Crippen LogP contribution in [0.15, 0.2) is 186 Å². The second kappa shape index (κ2) is 16.1. The summed E-state index contributed by atoms with van der Waals surface area (Å²) in [6, 6.07) is 61.9. The topological polar surface area (TPSA) is 90.5 Å². The van der Waals surface area contributed by atoms with Crippen LogP contribution in [0.3, 0.4) is 0 Å². The molecule has 9 aromatic rings. The Bertz CT molecular complexity index is 2780. The Hall–Kier alpha value is -6.97. The van der Waals surface area contributed by atoms with Crippen LogP contribution in [0.25, 0.3) is 33.4 Å². The highest BCUT2D eigenvalue weighted by atomic mass is 79.9. The first kappa shape index (κ1) is 37.6. The molecule has 0 unspecified atom stereocenters. The number of nitrogens with zero attached hydrogens (tertiary/aromatic N) is 6. The fourth-order valence-electron chi connectivity index (χ4n) is 8.09. The third-order valence-corrected chi connectivity index (χ3v) is 11.6. The first-order valence-electron chi connectivity index (χ1n) is 19.6. The number of rotatable bonds is 11. The summed E-state index contributed by atoms with van der Waals surface area (Å²) in [4.78, 5) is 13.3. The normalized spacial score (nSPS) is 12.1. The van der Waals surface area contributed by atoms with Gasteiger partial charge in [-0.15, -0.1) is 5.10 Å². The zero-order valence-electron chi connectivity index (χ0n) is 32.6. The van der Waals surface area contributed by atoms with Gasteiger partial charge in [-0.25, -0.2) is 4.68 Å². The van der Waals surface area contributed by atoms with E-state index in [1.807, 2.05) is 96.0 Å². The van der Waals surface area contributed by atoms with E-state index in [0.717, 1.165) is 65.6 Å². The number of benzene rings is 7. The van der Waals surface area contributed by atoms with Crippen molar-refractivity contribution in [1.29, 1.82) is 0 Å². The molecule has 9 rings (SSSR count). The van der Waals surface area contributed by atoms with Crippen LogP contribution in [0, 0.1) is 6.92 Å². The van der Waals surface area contributed by atoms with Crippen LogP contribution in [0.5, 0.6) is 0 Å². The lowest BCUT2D eigenvalue weighted by atomic mass is 9.77. The summed E-state index contributed by atoms with van der Waals surface area (Å²) < 4.78 is 4.98. The summed E-state index contributed by atoms with van der Waals surface area (Å²) in [5, 5.41) is 22.8. The Morgan fingerprint density at radius 2 is 1.27 bits per heavy atom. The average molecular weight is 835 g/mol. The molecule has 0 fully saturated rings. The van der Waals surface area contributed by atoms with Crippen molar-refractivity contribution in [2.75, 3.05) is 0 Å². The van der Waals surface area contributed by atoms with Gasteiger partial charge >= 0.3 is 0 Å². The minimum absolute atomic E-state index is 0.120. The molecule has 0 saturated heterocycles. The Balaban J connectivity index is 1.03. The maximum atomic E-state index is 13.3. The number of hydrogen-bond acceptors (Lipinski definition) is 5. The molecule has 8 nitrogen and oxygen atoms in total. The smallest absolute Gasteiger partial charge is 0.251 e. The number of aromatic nitrogens is 6. The zero-order valence-corrected chi connectivity index (χ0v) is 34.2. The Morgan fingerprint density at radius 1 is 0.695 bits per heavy atom. The molecule has 0 bridgehead atoms. The first-order valence-corrected chi connectivity index (χ1v) is 20.4. The van der Waals surface area contributed by atoms with E-state index in [9.17, 15) is 4.79 Å². The second-order valence-corrected chi connectivity index (χ2v) is 15.6. The fourth-order valence-corrected chi connectivity index (χ4v) is 8.36. The third-order valence-electron chi connectivity index (χ3n) is 11.0. The van der Waals surface area contributed by atoms with Crippen LogP contribution in [-0.2, 0) is 12.1 Å². The summed E-state index contributed by atoms with van der Waals surface area (Å²) in [5.41, 5.74) is 9.81. The van der Waals surface area contributed by atoms with Crippen molar-refractivity contribution in [2.45, 2.75) is 32.0 Å². The van der Waals surface area contributed by atoms with Gasteiger partial charge in [-0.3, -0.25) is 9.48 Å². The molecule has 0 aliphatic carbocycles. The average Bonchev–Trinajstić information content (AvgIpc) is 3.90. The molecule has 0 spiro atoms. The van der Waals surface area contributed by atoms with Crippen molar-refractivity contribution in [3.05, 3.63) is 226 Å². The molecule has 59 heavy (non-hydrogen) atoms. The van der Waals surface area contributed by atoms with Crippen LogP contribution in [0.2, 0.25) is 0 Å². The summed E-state index contributed by atoms with van der Waals surface area (Å²) >= 11 is 3.48. The number of halogens is 1. The molecule has 1 N–H and O–H groups in total. The van der Waals surface area contributed by atoms with Crippen molar-refractivity contribution < 1.29 is 4.79 Å². The van der Waals surface area contributed by atoms with Gasteiger partial charge in [0.1, 0.15) is 5.54 Å². The third kappa shape index (κ3) is 7.15. The Morgan fingerprint density at radius 3 is 1.88 bits per heavy atom. The summed E-state index contributed by atoms with van der Waals surface area (Å²) in [5.74, 6) is 0.529. The zero-order chi connectivity index (χ0) is 40.3. The summed E-state index contributed by atoms with van der Waals surface area (Å²) in [7, 11) is 0. The van der Waals surface area contributed by atoms with E-state index in [1.54, 1.807) is 0 Å². The highest BCUT2D eigenvalue weighted by Gasteiger charge is 2.42. The van der Waals surface area contributed by atoms with Gasteiger partial charge in [-0.05, 0) is 93.6 Å². The minimum atomic E-state index is -0.868. The molecule has 0 saturated carbocycles. The minimum Gasteiger partial charge on any atom is -0.346 e. The second-order valence-electron chi connectivity index (χ2n) is 14.7. The lowest BCUT2D eigenvalue weighted by Crippen LogP contribution is -2.39. The molecule has 288 valence electrons. The van der Waals surface area contributed by atoms with Crippen LogP contribution in [0.1, 0.15) is 56.8 Å². The fraction of sp³-hybridized carbons (Fsp3) is 0.100. The SMILES string of the molecule is Cc1nn(Cc2ccc(-c3ccccc3-c3nnnn3C(c3ccccc3)(c3ccccc3)c3ccccc3)cc2)c2ccc(C(=O)N[C@@H](C)c3ccc(Br)cc3)cc12. The predicted molar refractivity (Wildman–Crippen MR) is 237 cm³/mol. The van der Waals surface area contributed by atoms with Gasteiger partial charge in [0.25, 0.3) is 5.91 Å². The number of tetrazole rings is 1. The van der Waals surface area contributed by atoms with Crippen LogP contribution >= 0.6 is 15.9 Å². The van der Waals surface area contributed by atoms with E-state index in [0.29, 0.717) is 17.9 Å². The maximum absolute atomic E-state index is 13.3. The largest absolute Gasteiger partial charge is 0.346 e. The van der Waals surface area contributed by atoms with Gasteiger partial charge in [0.2, 0.25) is 0 Å². The maximum Gasteiger partial charge on any atom is 0.251 e. The lowest BCUT2D eigenvalue weighted by molar-refractivity contribution is 0.0940. The van der Waals surface area contributed by atoms with Gasteiger partial charge in [-0.1, -0.05) is 168 Å². The van der Waals surface area contributed by atoms with E-state index in [1.165, 1.54) is 0 Å². The van der Waals surface area contributed by atoms with E-state index in [4.69, 9.17) is 15.4 Å². The highest BCUT2D eigenvalue weighted by molar-refractivity contribution is 9.10. The number of amides is 1.